The molecule has 11 heteroatoms. The first-order valence-corrected chi connectivity index (χ1v) is 13.6. The lowest BCUT2D eigenvalue weighted by molar-refractivity contribution is -0.127. The molecule has 4 heterocycles. The Morgan fingerprint density at radius 2 is 1.70 bits per heavy atom. The van der Waals surface area contributed by atoms with E-state index in [4.69, 9.17) is 9.97 Å². The lowest BCUT2D eigenvalue weighted by atomic mass is 9.84. The van der Waals surface area contributed by atoms with E-state index >= 15 is 0 Å². The quantitative estimate of drug-likeness (QED) is 0.359. The first kappa shape index (κ1) is 26.7. The Bertz CT molecular complexity index is 1550. The van der Waals surface area contributed by atoms with E-state index in [1.807, 2.05) is 17.1 Å². The fourth-order valence-electron chi connectivity index (χ4n) is 4.95. The van der Waals surface area contributed by atoms with Gasteiger partial charge in [0.2, 0.25) is 0 Å². The fraction of sp³-hybridized carbons (Fsp3) is 0.448. The van der Waals surface area contributed by atoms with Gasteiger partial charge in [0.15, 0.2) is 5.82 Å². The van der Waals surface area contributed by atoms with Crippen LogP contribution in [0.15, 0.2) is 42.9 Å². The van der Waals surface area contributed by atoms with E-state index in [9.17, 15) is 19.0 Å². The highest BCUT2D eigenvalue weighted by Gasteiger charge is 2.41. The molecule has 0 amide bonds. The van der Waals surface area contributed by atoms with Gasteiger partial charge < -0.3 is 15.1 Å². The highest BCUT2D eigenvalue weighted by molar-refractivity contribution is 5.83. The molecular formula is C29H33F2N7O2. The number of aromatic nitrogens is 5. The fourth-order valence-corrected chi connectivity index (χ4v) is 4.95. The van der Waals surface area contributed by atoms with Crippen LogP contribution in [0.5, 0.6) is 0 Å². The third-order valence-corrected chi connectivity index (χ3v) is 8.10. The van der Waals surface area contributed by atoms with E-state index in [2.05, 4.69) is 19.9 Å². The summed E-state index contributed by atoms with van der Waals surface area (Å²) in [7, 11) is 0. The molecule has 1 aliphatic heterocycles. The zero-order valence-corrected chi connectivity index (χ0v) is 22.8. The zero-order chi connectivity index (χ0) is 28.2. The van der Waals surface area contributed by atoms with Crippen LogP contribution in [0.2, 0.25) is 0 Å². The van der Waals surface area contributed by atoms with Gasteiger partial charge in [0.1, 0.15) is 28.4 Å². The van der Waals surface area contributed by atoms with Crippen molar-refractivity contribution in [3.8, 4) is 11.3 Å². The van der Waals surface area contributed by atoms with Crippen LogP contribution in [0, 0.1) is 11.6 Å². The van der Waals surface area contributed by atoms with Crippen LogP contribution in [0.1, 0.15) is 50.9 Å². The van der Waals surface area contributed by atoms with E-state index in [0.717, 1.165) is 24.5 Å². The van der Waals surface area contributed by atoms with Crippen LogP contribution in [0.25, 0.3) is 22.3 Å². The summed E-state index contributed by atoms with van der Waals surface area (Å²) in [4.78, 5) is 18.7. The van der Waals surface area contributed by atoms with Gasteiger partial charge in [-0.05, 0) is 45.7 Å². The summed E-state index contributed by atoms with van der Waals surface area (Å²) >= 11 is 0. The summed E-state index contributed by atoms with van der Waals surface area (Å²) in [6.07, 6.45) is 7.62. The summed E-state index contributed by atoms with van der Waals surface area (Å²) < 4.78 is 29.6. The van der Waals surface area contributed by atoms with Crippen molar-refractivity contribution in [1.29, 1.82) is 0 Å². The van der Waals surface area contributed by atoms with E-state index < -0.39 is 22.8 Å². The van der Waals surface area contributed by atoms with Crippen LogP contribution in [0.3, 0.4) is 0 Å². The minimum atomic E-state index is -1.60. The van der Waals surface area contributed by atoms with Crippen LogP contribution < -0.4 is 4.90 Å². The van der Waals surface area contributed by atoms with E-state index in [-0.39, 0.29) is 0 Å². The van der Waals surface area contributed by atoms with Gasteiger partial charge in [0.05, 0.1) is 35.2 Å². The van der Waals surface area contributed by atoms with Crippen molar-refractivity contribution in [3.05, 3.63) is 65.7 Å². The van der Waals surface area contributed by atoms with Crippen molar-refractivity contribution in [2.24, 2.45) is 0 Å². The van der Waals surface area contributed by atoms with E-state index in [0.29, 0.717) is 72.6 Å². The SMILES string of the molecule is CC(C)(O)[C@@](C)(O)c1cc2nc(N3CCN(Cc4ccc(F)cc4F)CC3)c(-c3cnn(C4CC4)c3)nc2cn1. The Balaban J connectivity index is 1.33. The third-order valence-electron chi connectivity index (χ3n) is 8.10. The first-order valence-electron chi connectivity index (χ1n) is 13.6. The molecule has 0 spiro atoms. The molecule has 1 atom stereocenters. The number of hydrogen-bond donors (Lipinski definition) is 2. The second-order valence-corrected chi connectivity index (χ2v) is 11.5. The molecule has 2 aliphatic rings. The minimum Gasteiger partial charge on any atom is -0.387 e. The van der Waals surface area contributed by atoms with Gasteiger partial charge in [-0.25, -0.2) is 18.7 Å². The predicted molar refractivity (Wildman–Crippen MR) is 147 cm³/mol. The second kappa shape index (κ2) is 9.83. The smallest absolute Gasteiger partial charge is 0.156 e. The Hall–Kier alpha value is -3.54. The number of fused-ring (bicyclic) bond motifs is 1. The molecule has 4 aromatic rings. The number of benzene rings is 1. The van der Waals surface area contributed by atoms with Crippen molar-refractivity contribution < 1.29 is 19.0 Å². The number of halogens is 2. The number of pyridine rings is 1. The largest absolute Gasteiger partial charge is 0.387 e. The zero-order valence-electron chi connectivity index (χ0n) is 22.8. The molecule has 210 valence electrons. The van der Waals surface area contributed by atoms with Crippen molar-refractivity contribution in [3.63, 3.8) is 0 Å². The van der Waals surface area contributed by atoms with E-state index in [1.54, 1.807) is 12.3 Å². The Morgan fingerprint density at radius 1 is 0.950 bits per heavy atom. The second-order valence-electron chi connectivity index (χ2n) is 11.5. The van der Waals surface area contributed by atoms with Crippen molar-refractivity contribution in [1.82, 2.24) is 29.6 Å². The third kappa shape index (κ3) is 5.04. The summed E-state index contributed by atoms with van der Waals surface area (Å²) in [5.74, 6) is -0.430. The molecule has 0 radical (unpaired) electrons. The average Bonchev–Trinajstić information content (AvgIpc) is 3.65. The minimum absolute atomic E-state index is 0.299. The topological polar surface area (TPSA) is 103 Å². The number of hydrogen-bond acceptors (Lipinski definition) is 8. The maximum Gasteiger partial charge on any atom is 0.156 e. The molecule has 0 unspecified atom stereocenters. The lowest BCUT2D eigenvalue weighted by Gasteiger charge is -2.36. The van der Waals surface area contributed by atoms with Gasteiger partial charge in [0, 0.05) is 56.1 Å². The normalized spacial score (nSPS) is 18.3. The van der Waals surface area contributed by atoms with Gasteiger partial charge >= 0.3 is 0 Å². The molecular weight excluding hydrogens is 516 g/mol. The Labute approximate surface area is 231 Å². The lowest BCUT2D eigenvalue weighted by Crippen LogP contribution is -2.46. The monoisotopic (exact) mass is 549 g/mol. The van der Waals surface area contributed by atoms with Gasteiger partial charge in [-0.1, -0.05) is 6.07 Å². The molecule has 3 aromatic heterocycles. The predicted octanol–water partition coefficient (Wildman–Crippen LogP) is 3.80. The molecule has 1 saturated carbocycles. The average molecular weight is 550 g/mol. The van der Waals surface area contributed by atoms with Crippen LogP contribution in [0.4, 0.5) is 14.6 Å². The van der Waals surface area contributed by atoms with Crippen molar-refractivity contribution >= 4 is 16.9 Å². The van der Waals surface area contributed by atoms with Gasteiger partial charge in [-0.2, -0.15) is 5.10 Å². The Kier molecular flexibility index (Phi) is 6.55. The van der Waals surface area contributed by atoms with Gasteiger partial charge in [-0.15, -0.1) is 0 Å². The van der Waals surface area contributed by atoms with E-state index in [1.165, 1.54) is 32.9 Å². The van der Waals surface area contributed by atoms with Crippen LogP contribution in [-0.4, -0.2) is 71.6 Å². The maximum absolute atomic E-state index is 14.2. The number of nitrogens with zero attached hydrogens (tertiary/aromatic N) is 7. The van der Waals surface area contributed by atoms with Gasteiger partial charge in [0.25, 0.3) is 0 Å². The summed E-state index contributed by atoms with van der Waals surface area (Å²) in [6.45, 7) is 7.57. The Morgan fingerprint density at radius 3 is 2.38 bits per heavy atom. The molecule has 1 aromatic carbocycles. The molecule has 0 bridgehead atoms. The highest BCUT2D eigenvalue weighted by Crippen LogP contribution is 2.37. The van der Waals surface area contributed by atoms with Crippen molar-refractivity contribution in [2.75, 3.05) is 31.1 Å². The molecule has 6 rings (SSSR count). The summed E-state index contributed by atoms with van der Waals surface area (Å²) in [5.41, 5.74) is 0.412. The van der Waals surface area contributed by atoms with Crippen LogP contribution >= 0.6 is 0 Å². The molecule has 1 saturated heterocycles. The maximum atomic E-state index is 14.2. The summed E-state index contributed by atoms with van der Waals surface area (Å²) in [5, 5.41) is 26.1. The molecule has 1 aliphatic carbocycles. The number of aliphatic hydroxyl groups is 2. The molecule has 2 fully saturated rings. The van der Waals surface area contributed by atoms with Crippen LogP contribution in [-0.2, 0) is 12.1 Å². The van der Waals surface area contributed by atoms with Gasteiger partial charge in [-0.3, -0.25) is 14.6 Å². The molecule has 2 N–H and O–H groups in total. The first-order chi connectivity index (χ1) is 19.0. The number of rotatable bonds is 7. The number of anilines is 1. The number of piperazine rings is 1. The summed E-state index contributed by atoms with van der Waals surface area (Å²) in [6, 6.07) is 5.80. The molecule has 9 nitrogen and oxygen atoms in total. The standard InChI is InChI=1S/C29H33F2N7O2/c1-28(2,39)29(3,40)25-13-23-24(15-32-25)34-26(19-14-33-38(17-19)21-6-7-21)27(35-23)37-10-8-36(9-11-37)16-18-4-5-20(30)12-22(18)31/h4-5,12-15,17,21,39-40H,6-11,16H2,1-3H3/t29-/m0/s1. The molecule has 40 heavy (non-hydrogen) atoms. The highest BCUT2D eigenvalue weighted by atomic mass is 19.1. The van der Waals surface area contributed by atoms with Crippen molar-refractivity contribution in [2.45, 2.75) is 57.4 Å².